The minimum atomic E-state index is -0.245. The fourth-order valence-corrected chi connectivity index (χ4v) is 4.86. The molecule has 0 aliphatic carbocycles. The third-order valence-corrected chi connectivity index (χ3v) is 6.47. The molecule has 7 heteroatoms. The summed E-state index contributed by atoms with van der Waals surface area (Å²) in [5.74, 6) is 2.90. The Morgan fingerprint density at radius 1 is 0.931 bits per heavy atom. The van der Waals surface area contributed by atoms with Crippen LogP contribution in [0, 0.1) is 11.8 Å². The highest BCUT2D eigenvalue weighted by atomic mass is 16.7. The van der Waals surface area contributed by atoms with Gasteiger partial charge in [0.25, 0.3) is 0 Å². The SMILES string of the molecule is COc1cc2c(c(OC)c1O)[C@@H]1O[C@H](c3cc4c(c(OC)c3-2)OCO4)[C@H](C)[C@@H]1C. The molecule has 1 fully saturated rings. The number of methoxy groups -OCH3 is 3. The number of phenols is 1. The second-order valence-corrected chi connectivity index (χ2v) is 7.73. The van der Waals surface area contributed by atoms with Crippen LogP contribution in [0.3, 0.4) is 0 Å². The highest BCUT2D eigenvalue weighted by Gasteiger charge is 2.48. The Labute approximate surface area is 169 Å². The molecule has 1 N–H and O–H groups in total. The minimum Gasteiger partial charge on any atom is -0.502 e. The minimum absolute atomic E-state index is 0.0381. The number of phenolic OH excluding ortho intramolecular Hbond substituents is 1. The lowest BCUT2D eigenvalue weighted by Crippen LogP contribution is -2.15. The zero-order chi connectivity index (χ0) is 20.4. The third-order valence-electron chi connectivity index (χ3n) is 6.47. The van der Waals surface area contributed by atoms with Crippen LogP contribution >= 0.6 is 0 Å². The molecule has 1 saturated heterocycles. The molecule has 3 aliphatic heterocycles. The molecule has 3 heterocycles. The van der Waals surface area contributed by atoms with Gasteiger partial charge in [-0.2, -0.15) is 0 Å². The van der Waals surface area contributed by atoms with Crippen molar-refractivity contribution in [2.24, 2.45) is 11.8 Å². The van der Waals surface area contributed by atoms with Gasteiger partial charge >= 0.3 is 0 Å². The average molecular weight is 400 g/mol. The van der Waals surface area contributed by atoms with Crippen molar-refractivity contribution in [3.8, 4) is 45.6 Å². The molecule has 0 aromatic heterocycles. The number of hydrogen-bond acceptors (Lipinski definition) is 7. The molecule has 2 bridgehead atoms. The Hall–Kier alpha value is -2.80. The smallest absolute Gasteiger partial charge is 0.231 e. The van der Waals surface area contributed by atoms with Crippen molar-refractivity contribution < 1.29 is 33.5 Å². The lowest BCUT2D eigenvalue weighted by molar-refractivity contribution is 0.0300. The maximum absolute atomic E-state index is 10.8. The normalized spacial score (nSPS) is 25.8. The van der Waals surface area contributed by atoms with E-state index in [2.05, 4.69) is 13.8 Å². The monoisotopic (exact) mass is 400 g/mol. The van der Waals surface area contributed by atoms with E-state index in [0.717, 1.165) is 22.3 Å². The van der Waals surface area contributed by atoms with Gasteiger partial charge in [0.1, 0.15) is 0 Å². The zero-order valence-corrected chi connectivity index (χ0v) is 17.1. The summed E-state index contributed by atoms with van der Waals surface area (Å²) in [6.07, 6.45) is -0.399. The van der Waals surface area contributed by atoms with E-state index < -0.39 is 0 Å². The highest BCUT2D eigenvalue weighted by Crippen LogP contribution is 2.63. The maximum atomic E-state index is 10.8. The van der Waals surface area contributed by atoms with Crippen LogP contribution in [0.15, 0.2) is 12.1 Å². The zero-order valence-electron chi connectivity index (χ0n) is 17.1. The molecular formula is C22H24O7. The largest absolute Gasteiger partial charge is 0.502 e. The molecule has 0 amide bonds. The predicted octanol–water partition coefficient (Wildman–Crippen LogP) is 4.21. The lowest BCUT2D eigenvalue weighted by atomic mass is 9.77. The van der Waals surface area contributed by atoms with Gasteiger partial charge < -0.3 is 33.5 Å². The number of aromatic hydroxyl groups is 1. The number of benzene rings is 2. The second kappa shape index (κ2) is 6.35. The van der Waals surface area contributed by atoms with E-state index in [-0.39, 0.29) is 36.6 Å². The van der Waals surface area contributed by atoms with Crippen LogP contribution in [-0.4, -0.2) is 33.2 Å². The van der Waals surface area contributed by atoms with Gasteiger partial charge in [0.2, 0.25) is 18.3 Å². The topological polar surface area (TPSA) is 75.6 Å². The summed E-state index contributed by atoms with van der Waals surface area (Å²) in [6, 6.07) is 3.80. The summed E-state index contributed by atoms with van der Waals surface area (Å²) >= 11 is 0. The van der Waals surface area contributed by atoms with Gasteiger partial charge in [-0.05, 0) is 35.1 Å². The van der Waals surface area contributed by atoms with Crippen LogP contribution in [0.1, 0.15) is 37.2 Å². The number of ether oxygens (including phenoxy) is 6. The van der Waals surface area contributed by atoms with Gasteiger partial charge in [0.15, 0.2) is 23.0 Å². The predicted molar refractivity (Wildman–Crippen MR) is 104 cm³/mol. The van der Waals surface area contributed by atoms with Crippen molar-refractivity contribution in [1.82, 2.24) is 0 Å². The highest BCUT2D eigenvalue weighted by molar-refractivity contribution is 5.86. The Balaban J connectivity index is 1.93. The molecule has 3 aliphatic rings. The van der Waals surface area contributed by atoms with Gasteiger partial charge in [-0.1, -0.05) is 13.8 Å². The summed E-state index contributed by atoms with van der Waals surface area (Å²) in [5, 5.41) is 10.8. The average Bonchev–Trinajstić information content (AvgIpc) is 3.27. The van der Waals surface area contributed by atoms with Crippen molar-refractivity contribution in [2.45, 2.75) is 26.1 Å². The molecule has 2 aromatic carbocycles. The van der Waals surface area contributed by atoms with E-state index >= 15 is 0 Å². The third kappa shape index (κ3) is 2.28. The van der Waals surface area contributed by atoms with Crippen LogP contribution < -0.4 is 23.7 Å². The van der Waals surface area contributed by atoms with E-state index in [0.29, 0.717) is 28.7 Å². The Bertz CT molecular complexity index is 1000. The first-order valence-electron chi connectivity index (χ1n) is 9.65. The van der Waals surface area contributed by atoms with Crippen LogP contribution in [0.4, 0.5) is 0 Å². The summed E-state index contributed by atoms with van der Waals surface area (Å²) in [6.45, 7) is 4.48. The Morgan fingerprint density at radius 2 is 1.66 bits per heavy atom. The van der Waals surface area contributed by atoms with Gasteiger partial charge in [-0.25, -0.2) is 0 Å². The van der Waals surface area contributed by atoms with Crippen molar-refractivity contribution >= 4 is 0 Å². The molecule has 0 saturated carbocycles. The van der Waals surface area contributed by atoms with E-state index in [1.54, 1.807) is 7.11 Å². The van der Waals surface area contributed by atoms with Gasteiger partial charge in [-0.15, -0.1) is 0 Å². The van der Waals surface area contributed by atoms with Crippen molar-refractivity contribution in [3.63, 3.8) is 0 Å². The molecule has 4 atom stereocenters. The second-order valence-electron chi connectivity index (χ2n) is 7.73. The van der Waals surface area contributed by atoms with E-state index in [9.17, 15) is 5.11 Å². The van der Waals surface area contributed by atoms with E-state index in [4.69, 9.17) is 28.4 Å². The van der Waals surface area contributed by atoms with E-state index in [1.165, 1.54) is 14.2 Å². The molecule has 29 heavy (non-hydrogen) atoms. The summed E-state index contributed by atoms with van der Waals surface area (Å²) in [5.41, 5.74) is 3.47. The van der Waals surface area contributed by atoms with Gasteiger partial charge in [0, 0.05) is 11.1 Å². The molecule has 154 valence electrons. The Morgan fingerprint density at radius 3 is 2.34 bits per heavy atom. The van der Waals surface area contributed by atoms with Crippen molar-refractivity contribution in [1.29, 1.82) is 0 Å². The number of hydrogen-bond donors (Lipinski definition) is 1. The quantitative estimate of drug-likeness (QED) is 0.827. The molecule has 5 rings (SSSR count). The van der Waals surface area contributed by atoms with Crippen molar-refractivity contribution in [2.75, 3.05) is 28.1 Å². The molecule has 0 spiro atoms. The first-order valence-corrected chi connectivity index (χ1v) is 9.65. The van der Waals surface area contributed by atoms with Gasteiger partial charge in [0.05, 0.1) is 33.5 Å². The van der Waals surface area contributed by atoms with Crippen molar-refractivity contribution in [3.05, 3.63) is 23.3 Å². The molecule has 2 aromatic rings. The standard InChI is InChI=1S/C22H24O7/c1-9-10(2)19-16-11(6-13(24-3)17(23)21(16)25-4)15-12(18(9)29-19)7-14-20(22(15)26-5)28-8-27-14/h6-7,9-10,18-19,23H,8H2,1-5H3/t9-,10+,18+,19-/m1/s1. The number of fused-ring (bicyclic) bond motifs is 8. The summed E-state index contributed by atoms with van der Waals surface area (Å²) in [4.78, 5) is 0. The maximum Gasteiger partial charge on any atom is 0.231 e. The molecular weight excluding hydrogens is 376 g/mol. The fraction of sp³-hybridized carbons (Fsp3) is 0.455. The first kappa shape index (κ1) is 18.2. The molecule has 0 unspecified atom stereocenters. The van der Waals surface area contributed by atoms with Crippen LogP contribution in [0.5, 0.6) is 34.5 Å². The molecule has 7 nitrogen and oxygen atoms in total. The first-order chi connectivity index (χ1) is 14.0. The van der Waals surface area contributed by atoms with Crippen LogP contribution in [0.25, 0.3) is 11.1 Å². The molecule has 0 radical (unpaired) electrons. The summed E-state index contributed by atoms with van der Waals surface area (Å²) < 4.78 is 34.8. The van der Waals surface area contributed by atoms with Crippen LogP contribution in [0.2, 0.25) is 0 Å². The number of rotatable bonds is 3. The lowest BCUT2D eigenvalue weighted by Gasteiger charge is -2.27. The van der Waals surface area contributed by atoms with E-state index in [1.807, 2.05) is 12.1 Å². The summed E-state index contributed by atoms with van der Waals surface area (Å²) in [7, 11) is 4.67. The Kier molecular flexibility index (Phi) is 4.00. The fourth-order valence-electron chi connectivity index (χ4n) is 4.86. The van der Waals surface area contributed by atoms with Crippen LogP contribution in [-0.2, 0) is 4.74 Å². The van der Waals surface area contributed by atoms with Gasteiger partial charge in [-0.3, -0.25) is 0 Å².